The van der Waals surface area contributed by atoms with E-state index in [9.17, 15) is 4.79 Å². The summed E-state index contributed by atoms with van der Waals surface area (Å²) in [6, 6.07) is 9.08. The molecule has 2 heterocycles. The Morgan fingerprint density at radius 3 is 2.55 bits per heavy atom. The van der Waals surface area contributed by atoms with E-state index < -0.39 is 0 Å². The summed E-state index contributed by atoms with van der Waals surface area (Å²) in [7, 11) is 4.86. The molecule has 22 heavy (non-hydrogen) atoms. The zero-order valence-electron chi connectivity index (χ0n) is 12.7. The summed E-state index contributed by atoms with van der Waals surface area (Å²) in [5.74, 6) is 1.01. The monoisotopic (exact) mass is 299 g/mol. The van der Waals surface area contributed by atoms with Crippen molar-refractivity contribution in [2.45, 2.75) is 6.17 Å². The van der Waals surface area contributed by atoms with Crippen molar-refractivity contribution >= 4 is 11.6 Å². The minimum atomic E-state index is -0.320. The number of nitrogens with zero attached hydrogens (tertiary/aromatic N) is 2. The molecule has 1 aliphatic heterocycles. The fraction of sp³-hybridized carbons (Fsp3) is 0.250. The lowest BCUT2D eigenvalue weighted by atomic mass is 10.1. The summed E-state index contributed by atoms with van der Waals surface area (Å²) in [6.07, 6.45) is 1.39. The molecule has 0 radical (unpaired) electrons. The fourth-order valence-corrected chi connectivity index (χ4v) is 2.54. The van der Waals surface area contributed by atoms with Gasteiger partial charge in [-0.05, 0) is 18.2 Å². The summed E-state index contributed by atoms with van der Waals surface area (Å²) in [4.78, 5) is 18.6. The first-order valence-electron chi connectivity index (χ1n) is 6.86. The first-order chi connectivity index (χ1) is 10.7. The zero-order valence-corrected chi connectivity index (χ0v) is 12.7. The van der Waals surface area contributed by atoms with Gasteiger partial charge in [0, 0.05) is 19.3 Å². The Morgan fingerprint density at radius 1 is 1.18 bits per heavy atom. The van der Waals surface area contributed by atoms with Crippen molar-refractivity contribution in [3.05, 3.63) is 47.8 Å². The number of ether oxygens (including phenoxy) is 2. The lowest BCUT2D eigenvalue weighted by Gasteiger charge is -2.35. The Kier molecular flexibility index (Phi) is 3.58. The van der Waals surface area contributed by atoms with Crippen LogP contribution in [-0.4, -0.2) is 37.1 Å². The Bertz CT molecular complexity index is 703. The third-order valence-corrected chi connectivity index (χ3v) is 3.72. The van der Waals surface area contributed by atoms with Gasteiger partial charge in [0.25, 0.3) is 5.91 Å². The highest BCUT2D eigenvalue weighted by Gasteiger charge is 2.32. The predicted molar refractivity (Wildman–Crippen MR) is 82.2 cm³/mol. The minimum absolute atomic E-state index is 0.0923. The number of methoxy groups -OCH3 is 2. The lowest BCUT2D eigenvalue weighted by Crippen LogP contribution is -2.40. The number of carbonyl (C=O) groups is 1. The van der Waals surface area contributed by atoms with E-state index in [1.807, 2.05) is 18.2 Å². The summed E-state index contributed by atoms with van der Waals surface area (Å²) >= 11 is 0. The number of carbonyl (C=O) groups excluding carboxylic acids is 1. The average molecular weight is 299 g/mol. The van der Waals surface area contributed by atoms with E-state index in [1.165, 1.54) is 0 Å². The first kappa shape index (κ1) is 14.2. The predicted octanol–water partition coefficient (Wildman–Crippen LogP) is 2.30. The maximum atomic E-state index is 12.6. The van der Waals surface area contributed by atoms with Crippen molar-refractivity contribution in [1.82, 2.24) is 9.88 Å². The van der Waals surface area contributed by atoms with Crippen LogP contribution in [0, 0.1) is 0 Å². The molecule has 1 aliphatic rings. The van der Waals surface area contributed by atoms with Crippen LogP contribution >= 0.6 is 0 Å². The Balaban J connectivity index is 2.06. The number of hydrogen-bond donors (Lipinski definition) is 1. The highest BCUT2D eigenvalue weighted by molar-refractivity contribution is 6.02. The molecule has 6 heteroatoms. The van der Waals surface area contributed by atoms with Crippen LogP contribution in [0.25, 0.3) is 0 Å². The molecule has 1 aromatic heterocycles. The third-order valence-electron chi connectivity index (χ3n) is 3.72. The van der Waals surface area contributed by atoms with E-state index in [4.69, 9.17) is 9.47 Å². The second-order valence-corrected chi connectivity index (χ2v) is 4.97. The van der Waals surface area contributed by atoms with Gasteiger partial charge in [-0.1, -0.05) is 6.07 Å². The van der Waals surface area contributed by atoms with Crippen molar-refractivity contribution < 1.29 is 14.3 Å². The molecule has 0 spiro atoms. The molecule has 0 aliphatic carbocycles. The number of nitrogens with one attached hydrogen (secondary N) is 1. The Morgan fingerprint density at radius 2 is 1.91 bits per heavy atom. The van der Waals surface area contributed by atoms with Crippen molar-refractivity contribution in [3.63, 3.8) is 0 Å². The molecule has 0 unspecified atom stereocenters. The Labute approximate surface area is 128 Å². The maximum Gasteiger partial charge on any atom is 0.257 e. The highest BCUT2D eigenvalue weighted by Crippen LogP contribution is 2.38. The van der Waals surface area contributed by atoms with Crippen LogP contribution in [0.1, 0.15) is 22.2 Å². The normalized spacial score (nSPS) is 16.8. The lowest BCUT2D eigenvalue weighted by molar-refractivity contribution is 0.0732. The van der Waals surface area contributed by atoms with E-state index in [0.717, 1.165) is 5.69 Å². The van der Waals surface area contributed by atoms with Crippen molar-refractivity contribution in [2.75, 3.05) is 26.6 Å². The van der Waals surface area contributed by atoms with Crippen molar-refractivity contribution in [3.8, 4) is 11.5 Å². The average Bonchev–Trinajstić information content (AvgIpc) is 2.57. The summed E-state index contributed by atoms with van der Waals surface area (Å²) in [5.41, 5.74) is 2.03. The van der Waals surface area contributed by atoms with Crippen LogP contribution in [0.4, 0.5) is 5.69 Å². The maximum absolute atomic E-state index is 12.6. The van der Waals surface area contributed by atoms with E-state index in [1.54, 1.807) is 44.5 Å². The van der Waals surface area contributed by atoms with Gasteiger partial charge in [0.2, 0.25) is 0 Å². The van der Waals surface area contributed by atoms with Crippen LogP contribution in [0.2, 0.25) is 0 Å². The second kappa shape index (κ2) is 5.55. The van der Waals surface area contributed by atoms with Crippen LogP contribution < -0.4 is 14.8 Å². The summed E-state index contributed by atoms with van der Waals surface area (Å²) in [5, 5.41) is 3.33. The molecule has 0 fully saturated rings. The molecule has 0 saturated carbocycles. The van der Waals surface area contributed by atoms with Crippen LogP contribution in [0.15, 0.2) is 36.5 Å². The number of hydrogen-bond acceptors (Lipinski definition) is 5. The molecular formula is C16H17N3O3. The van der Waals surface area contributed by atoms with E-state index in [-0.39, 0.29) is 12.1 Å². The highest BCUT2D eigenvalue weighted by atomic mass is 16.5. The minimum Gasteiger partial charge on any atom is -0.493 e. The molecule has 6 nitrogen and oxygen atoms in total. The first-order valence-corrected chi connectivity index (χ1v) is 6.86. The van der Waals surface area contributed by atoms with E-state index in [2.05, 4.69) is 10.3 Å². The fourth-order valence-electron chi connectivity index (χ4n) is 2.54. The van der Waals surface area contributed by atoms with Crippen LogP contribution in [0.5, 0.6) is 11.5 Å². The van der Waals surface area contributed by atoms with Gasteiger partial charge >= 0.3 is 0 Å². The van der Waals surface area contributed by atoms with Gasteiger partial charge in [0.05, 0.1) is 31.2 Å². The molecule has 1 atom stereocenters. The molecule has 1 amide bonds. The Hall–Kier alpha value is -2.76. The number of benzene rings is 1. The molecule has 0 saturated heterocycles. The number of amides is 1. The smallest absolute Gasteiger partial charge is 0.257 e. The topological polar surface area (TPSA) is 63.7 Å². The van der Waals surface area contributed by atoms with Gasteiger partial charge in [-0.15, -0.1) is 0 Å². The molecule has 2 aromatic rings. The van der Waals surface area contributed by atoms with Crippen molar-refractivity contribution in [2.24, 2.45) is 0 Å². The molecule has 1 aromatic carbocycles. The standard InChI is InChI=1S/C16H17N3O3/c1-19-15(11-6-4-5-7-17-11)18-12-9-14(22-3)13(21-2)8-10(12)16(19)20/h4-9,15,18H,1-3H3/t15-/m1/s1. The van der Waals surface area contributed by atoms with Gasteiger partial charge in [0.15, 0.2) is 11.5 Å². The number of aromatic nitrogens is 1. The second-order valence-electron chi connectivity index (χ2n) is 4.97. The van der Waals surface area contributed by atoms with Gasteiger partial charge in [-0.2, -0.15) is 0 Å². The largest absolute Gasteiger partial charge is 0.493 e. The number of fused-ring (bicyclic) bond motifs is 1. The number of pyridine rings is 1. The quantitative estimate of drug-likeness (QED) is 0.942. The third kappa shape index (κ3) is 2.22. The molecular weight excluding hydrogens is 282 g/mol. The molecule has 3 rings (SSSR count). The molecule has 114 valence electrons. The van der Waals surface area contributed by atoms with Crippen LogP contribution in [0.3, 0.4) is 0 Å². The van der Waals surface area contributed by atoms with Crippen LogP contribution in [-0.2, 0) is 0 Å². The summed E-state index contributed by atoms with van der Waals surface area (Å²) in [6.45, 7) is 0. The van der Waals surface area contributed by atoms with Gasteiger partial charge in [0.1, 0.15) is 6.17 Å². The zero-order chi connectivity index (χ0) is 15.7. The van der Waals surface area contributed by atoms with Gasteiger partial charge in [-0.25, -0.2) is 0 Å². The number of rotatable bonds is 3. The summed E-state index contributed by atoms with van der Waals surface area (Å²) < 4.78 is 10.6. The molecule has 1 N–H and O–H groups in total. The van der Waals surface area contributed by atoms with Gasteiger partial charge < -0.3 is 19.7 Å². The van der Waals surface area contributed by atoms with E-state index >= 15 is 0 Å². The van der Waals surface area contributed by atoms with Crippen molar-refractivity contribution in [1.29, 1.82) is 0 Å². The molecule has 0 bridgehead atoms. The number of anilines is 1. The SMILES string of the molecule is COc1cc2c(cc1OC)C(=O)N(C)[C@H](c1ccccn1)N2. The van der Waals surface area contributed by atoms with E-state index in [0.29, 0.717) is 22.7 Å². The van der Waals surface area contributed by atoms with Gasteiger partial charge in [-0.3, -0.25) is 9.78 Å².